The number of piperidine rings is 1. The third-order valence-electron chi connectivity index (χ3n) is 3.40. The third kappa shape index (κ3) is 4.33. The van der Waals surface area contributed by atoms with Gasteiger partial charge in [-0.15, -0.1) is 0 Å². The first-order valence-corrected chi connectivity index (χ1v) is 7.46. The summed E-state index contributed by atoms with van der Waals surface area (Å²) in [5.41, 5.74) is 0. The Labute approximate surface area is 99.2 Å². The van der Waals surface area contributed by atoms with E-state index in [1.807, 2.05) is 11.8 Å². The summed E-state index contributed by atoms with van der Waals surface area (Å²) in [5, 5.41) is 4.34. The molecule has 0 aliphatic carbocycles. The van der Waals surface area contributed by atoms with Crippen LogP contribution in [0, 0.1) is 0 Å². The van der Waals surface area contributed by atoms with Crippen LogP contribution in [0.1, 0.15) is 33.6 Å². The number of rotatable bonds is 5. The van der Waals surface area contributed by atoms with Gasteiger partial charge >= 0.3 is 0 Å². The van der Waals surface area contributed by atoms with Gasteiger partial charge in [0.2, 0.25) is 0 Å². The summed E-state index contributed by atoms with van der Waals surface area (Å²) in [5.74, 6) is 0. The number of hydrogen-bond acceptors (Lipinski definition) is 3. The second kappa shape index (κ2) is 6.77. The molecule has 1 rings (SSSR count). The van der Waals surface area contributed by atoms with Gasteiger partial charge in [0.15, 0.2) is 0 Å². The van der Waals surface area contributed by atoms with Gasteiger partial charge in [0.1, 0.15) is 0 Å². The summed E-state index contributed by atoms with van der Waals surface area (Å²) in [7, 11) is 0. The van der Waals surface area contributed by atoms with E-state index in [0.717, 1.165) is 23.9 Å². The molecule has 0 aromatic rings. The first kappa shape index (κ1) is 13.3. The van der Waals surface area contributed by atoms with E-state index in [2.05, 4.69) is 37.2 Å². The summed E-state index contributed by atoms with van der Waals surface area (Å²) in [6, 6.07) is 1.50. The van der Waals surface area contributed by atoms with E-state index in [1.54, 1.807) is 0 Å². The zero-order valence-electron chi connectivity index (χ0n) is 10.6. The second-order valence-electron chi connectivity index (χ2n) is 4.67. The van der Waals surface area contributed by atoms with Crippen molar-refractivity contribution in [2.24, 2.45) is 0 Å². The minimum Gasteiger partial charge on any atom is -0.314 e. The van der Waals surface area contributed by atoms with E-state index in [4.69, 9.17) is 0 Å². The van der Waals surface area contributed by atoms with E-state index in [-0.39, 0.29) is 0 Å². The molecule has 1 fully saturated rings. The van der Waals surface area contributed by atoms with Gasteiger partial charge in [0.05, 0.1) is 0 Å². The zero-order valence-corrected chi connectivity index (χ0v) is 11.4. The Morgan fingerprint density at radius 1 is 1.53 bits per heavy atom. The van der Waals surface area contributed by atoms with Crippen molar-refractivity contribution >= 4 is 11.8 Å². The van der Waals surface area contributed by atoms with Crippen LogP contribution in [0.3, 0.4) is 0 Å². The van der Waals surface area contributed by atoms with E-state index >= 15 is 0 Å². The van der Waals surface area contributed by atoms with Crippen LogP contribution in [0.2, 0.25) is 0 Å². The van der Waals surface area contributed by atoms with Gasteiger partial charge in [-0.1, -0.05) is 13.8 Å². The number of nitrogens with zero attached hydrogens (tertiary/aromatic N) is 1. The normalized spacial score (nSPS) is 30.4. The number of hydrogen-bond donors (Lipinski definition) is 1. The van der Waals surface area contributed by atoms with Crippen LogP contribution in [-0.4, -0.2) is 48.1 Å². The van der Waals surface area contributed by atoms with Crippen molar-refractivity contribution in [1.29, 1.82) is 0 Å². The molecule has 1 N–H and O–H groups in total. The predicted molar refractivity (Wildman–Crippen MR) is 70.7 cm³/mol. The molecule has 0 saturated carbocycles. The summed E-state index contributed by atoms with van der Waals surface area (Å²) < 4.78 is 0. The summed E-state index contributed by atoms with van der Waals surface area (Å²) in [4.78, 5) is 2.65. The minimum atomic E-state index is 0.748. The van der Waals surface area contributed by atoms with Gasteiger partial charge in [-0.3, -0.25) is 4.90 Å². The molecule has 0 radical (unpaired) electrons. The van der Waals surface area contributed by atoms with E-state index in [9.17, 15) is 0 Å². The molecule has 1 saturated heterocycles. The van der Waals surface area contributed by atoms with E-state index in [0.29, 0.717) is 0 Å². The summed E-state index contributed by atoms with van der Waals surface area (Å²) >= 11 is 1.97. The van der Waals surface area contributed by atoms with Crippen LogP contribution in [0.25, 0.3) is 0 Å². The largest absolute Gasteiger partial charge is 0.314 e. The maximum absolute atomic E-state index is 3.57. The number of likely N-dealkylation sites (tertiary alicyclic amines) is 1. The van der Waals surface area contributed by atoms with Crippen molar-refractivity contribution in [3.05, 3.63) is 0 Å². The Kier molecular flexibility index (Phi) is 6.02. The lowest BCUT2D eigenvalue weighted by Crippen LogP contribution is -2.48. The SMILES string of the molecule is CCNC1CCN(CC(C)SC)C(C)C1. The Hall–Kier alpha value is 0.270. The first-order valence-electron chi connectivity index (χ1n) is 6.17. The molecule has 1 aliphatic heterocycles. The van der Waals surface area contributed by atoms with Crippen LogP contribution in [0.4, 0.5) is 0 Å². The molecule has 0 spiro atoms. The smallest absolute Gasteiger partial charge is 0.0144 e. The fourth-order valence-electron chi connectivity index (χ4n) is 2.37. The molecule has 1 aliphatic rings. The number of thioether (sulfide) groups is 1. The van der Waals surface area contributed by atoms with Crippen LogP contribution in [-0.2, 0) is 0 Å². The van der Waals surface area contributed by atoms with Crippen molar-refractivity contribution in [1.82, 2.24) is 10.2 Å². The lowest BCUT2D eigenvalue weighted by molar-refractivity contribution is 0.139. The van der Waals surface area contributed by atoms with Crippen LogP contribution in [0.15, 0.2) is 0 Å². The van der Waals surface area contributed by atoms with Gasteiger partial charge in [-0.25, -0.2) is 0 Å². The lowest BCUT2D eigenvalue weighted by atomic mass is 9.98. The highest BCUT2D eigenvalue weighted by Crippen LogP contribution is 2.19. The molecule has 3 unspecified atom stereocenters. The van der Waals surface area contributed by atoms with Crippen molar-refractivity contribution < 1.29 is 0 Å². The molecule has 2 nitrogen and oxygen atoms in total. The van der Waals surface area contributed by atoms with Crippen molar-refractivity contribution in [2.75, 3.05) is 25.9 Å². The molecule has 0 aromatic carbocycles. The maximum Gasteiger partial charge on any atom is 0.0144 e. The Balaban J connectivity index is 2.32. The second-order valence-corrected chi connectivity index (χ2v) is 5.95. The topological polar surface area (TPSA) is 15.3 Å². The lowest BCUT2D eigenvalue weighted by Gasteiger charge is -2.39. The summed E-state index contributed by atoms with van der Waals surface area (Å²) in [6.07, 6.45) is 4.84. The first-order chi connectivity index (χ1) is 7.17. The van der Waals surface area contributed by atoms with Crippen LogP contribution >= 0.6 is 11.8 Å². The van der Waals surface area contributed by atoms with E-state index in [1.165, 1.54) is 25.9 Å². The molecule has 3 heteroatoms. The number of nitrogens with one attached hydrogen (secondary N) is 1. The molecule has 1 heterocycles. The minimum absolute atomic E-state index is 0.748. The van der Waals surface area contributed by atoms with Crippen molar-refractivity contribution in [3.63, 3.8) is 0 Å². The molecule has 0 aromatic heterocycles. The fourth-order valence-corrected chi connectivity index (χ4v) is 2.71. The molecule has 3 atom stereocenters. The Morgan fingerprint density at radius 3 is 2.80 bits per heavy atom. The maximum atomic E-state index is 3.57. The standard InChI is InChI=1S/C12H26N2S/c1-5-13-12-6-7-14(10(2)8-12)9-11(3)15-4/h10-13H,5-9H2,1-4H3. The average molecular weight is 230 g/mol. The highest BCUT2D eigenvalue weighted by molar-refractivity contribution is 7.99. The van der Waals surface area contributed by atoms with Gasteiger partial charge in [0, 0.05) is 23.9 Å². The van der Waals surface area contributed by atoms with Gasteiger partial charge in [-0.2, -0.15) is 11.8 Å². The van der Waals surface area contributed by atoms with Crippen molar-refractivity contribution in [3.8, 4) is 0 Å². The third-order valence-corrected chi connectivity index (χ3v) is 4.35. The highest BCUT2D eigenvalue weighted by atomic mass is 32.2. The Morgan fingerprint density at radius 2 is 2.27 bits per heavy atom. The van der Waals surface area contributed by atoms with Crippen LogP contribution in [0.5, 0.6) is 0 Å². The van der Waals surface area contributed by atoms with Gasteiger partial charge < -0.3 is 5.32 Å². The van der Waals surface area contributed by atoms with Crippen LogP contribution < -0.4 is 5.32 Å². The zero-order chi connectivity index (χ0) is 11.3. The van der Waals surface area contributed by atoms with Crippen molar-refractivity contribution in [2.45, 2.75) is 50.9 Å². The van der Waals surface area contributed by atoms with E-state index < -0.39 is 0 Å². The monoisotopic (exact) mass is 230 g/mol. The predicted octanol–water partition coefficient (Wildman–Crippen LogP) is 2.20. The summed E-state index contributed by atoms with van der Waals surface area (Å²) in [6.45, 7) is 10.5. The molecular weight excluding hydrogens is 204 g/mol. The quantitative estimate of drug-likeness (QED) is 0.779. The average Bonchev–Trinajstić information content (AvgIpc) is 2.22. The molecule has 15 heavy (non-hydrogen) atoms. The molecule has 90 valence electrons. The molecule has 0 bridgehead atoms. The molecular formula is C12H26N2S. The molecule has 0 amide bonds. The van der Waals surface area contributed by atoms with Gasteiger partial charge in [-0.05, 0) is 39.1 Å². The van der Waals surface area contributed by atoms with Gasteiger partial charge in [0.25, 0.3) is 0 Å². The Bertz CT molecular complexity index is 175. The fraction of sp³-hybridized carbons (Fsp3) is 1.00. The highest BCUT2D eigenvalue weighted by Gasteiger charge is 2.25.